The Labute approximate surface area is 154 Å². The van der Waals surface area contributed by atoms with Gasteiger partial charge in [0, 0.05) is 5.02 Å². The van der Waals surface area contributed by atoms with E-state index in [-0.39, 0.29) is 22.2 Å². The summed E-state index contributed by atoms with van der Waals surface area (Å²) in [6, 6.07) is 3.11. The number of alkyl halides is 3. The van der Waals surface area contributed by atoms with E-state index in [9.17, 15) is 22.4 Å². The molecule has 1 aromatic carbocycles. The lowest BCUT2D eigenvalue weighted by Crippen LogP contribution is -2.24. The van der Waals surface area contributed by atoms with Gasteiger partial charge in [0.15, 0.2) is 12.3 Å². The number of halogens is 5. The van der Waals surface area contributed by atoms with Gasteiger partial charge in [-0.1, -0.05) is 25.4 Å². The molecule has 144 valence electrons. The fourth-order valence-electron chi connectivity index (χ4n) is 2.54. The number of ether oxygens (including phenoxy) is 1. The highest BCUT2D eigenvalue weighted by Crippen LogP contribution is 2.33. The van der Waals surface area contributed by atoms with Crippen molar-refractivity contribution in [2.45, 2.75) is 25.9 Å². The van der Waals surface area contributed by atoms with Gasteiger partial charge in [-0.15, -0.1) is 0 Å². The fourth-order valence-corrected chi connectivity index (χ4v) is 2.76. The van der Waals surface area contributed by atoms with Crippen molar-refractivity contribution in [3.8, 4) is 17.1 Å². The summed E-state index contributed by atoms with van der Waals surface area (Å²) in [5.41, 5.74) is 0.0738. The first-order valence-corrected chi connectivity index (χ1v) is 8.12. The van der Waals surface area contributed by atoms with Gasteiger partial charge in [0.05, 0.1) is 11.3 Å². The average Bonchev–Trinajstić information content (AvgIpc) is 2.91. The zero-order chi connectivity index (χ0) is 19.9. The Hall–Kier alpha value is -2.62. The second-order valence-electron chi connectivity index (χ2n) is 6.06. The van der Waals surface area contributed by atoms with Gasteiger partial charge in [-0.3, -0.25) is 4.98 Å². The standard InChI is InChI=1S/C16H13ClF4N4O2/c1-7(2)12-11(8-3-9(17)5-10(18)4-8)13-22-14(27-6-16(19,20)21)23-15(26)25(13)24-12/h3-5,7H,6H2,1-2H3,(H,22,23,26). The number of nitrogens with one attached hydrogen (secondary N) is 1. The molecule has 27 heavy (non-hydrogen) atoms. The van der Waals surface area contributed by atoms with Crippen LogP contribution in [0.15, 0.2) is 23.0 Å². The van der Waals surface area contributed by atoms with Crippen molar-refractivity contribution in [2.24, 2.45) is 0 Å². The maximum atomic E-state index is 13.8. The molecule has 3 aromatic rings. The highest BCUT2D eigenvalue weighted by atomic mass is 35.5. The summed E-state index contributed by atoms with van der Waals surface area (Å²) in [6.07, 6.45) is -4.60. The fraction of sp³-hybridized carbons (Fsp3) is 0.312. The van der Waals surface area contributed by atoms with Crippen LogP contribution < -0.4 is 10.4 Å². The van der Waals surface area contributed by atoms with Crippen LogP contribution in [0.5, 0.6) is 6.01 Å². The lowest BCUT2D eigenvalue weighted by molar-refractivity contribution is -0.154. The second kappa shape index (κ2) is 6.84. The third-order valence-corrected chi connectivity index (χ3v) is 3.79. The van der Waals surface area contributed by atoms with E-state index in [1.54, 1.807) is 13.8 Å². The molecule has 0 unspecified atom stereocenters. The zero-order valence-electron chi connectivity index (χ0n) is 14.1. The molecule has 1 N–H and O–H groups in total. The number of nitrogens with zero attached hydrogens (tertiary/aromatic N) is 3. The second-order valence-corrected chi connectivity index (χ2v) is 6.50. The Morgan fingerprint density at radius 2 is 2.00 bits per heavy atom. The number of H-pyrrole nitrogens is 1. The predicted octanol–water partition coefficient (Wildman–Crippen LogP) is 3.94. The molecule has 2 heterocycles. The number of hydrogen-bond acceptors (Lipinski definition) is 4. The van der Waals surface area contributed by atoms with Crippen LogP contribution >= 0.6 is 11.6 Å². The largest absolute Gasteiger partial charge is 0.455 e. The molecule has 0 radical (unpaired) electrons. The van der Waals surface area contributed by atoms with E-state index in [0.717, 1.165) is 10.6 Å². The van der Waals surface area contributed by atoms with E-state index in [1.807, 2.05) is 0 Å². The number of benzene rings is 1. The monoisotopic (exact) mass is 404 g/mol. The molecule has 6 nitrogen and oxygen atoms in total. The van der Waals surface area contributed by atoms with E-state index < -0.39 is 30.3 Å². The molecular formula is C16H13ClF4N4O2. The number of aromatic amines is 1. The average molecular weight is 405 g/mol. The van der Waals surface area contributed by atoms with Gasteiger partial charge in [-0.2, -0.15) is 27.8 Å². The van der Waals surface area contributed by atoms with Gasteiger partial charge in [0.2, 0.25) is 0 Å². The number of rotatable bonds is 4. The van der Waals surface area contributed by atoms with Crippen LogP contribution in [-0.4, -0.2) is 32.4 Å². The Morgan fingerprint density at radius 3 is 2.59 bits per heavy atom. The van der Waals surface area contributed by atoms with Crippen molar-refractivity contribution < 1.29 is 22.3 Å². The van der Waals surface area contributed by atoms with Crippen LogP contribution in [-0.2, 0) is 0 Å². The van der Waals surface area contributed by atoms with E-state index in [2.05, 4.69) is 19.8 Å². The molecule has 0 amide bonds. The number of fused-ring (bicyclic) bond motifs is 1. The molecule has 11 heteroatoms. The third kappa shape index (κ3) is 4.05. The quantitative estimate of drug-likeness (QED) is 0.668. The Kier molecular flexibility index (Phi) is 4.85. The van der Waals surface area contributed by atoms with Crippen molar-refractivity contribution in [2.75, 3.05) is 6.61 Å². The lowest BCUT2D eigenvalue weighted by atomic mass is 9.99. The summed E-state index contributed by atoms with van der Waals surface area (Å²) >= 11 is 5.91. The van der Waals surface area contributed by atoms with Crippen molar-refractivity contribution in [3.63, 3.8) is 0 Å². The highest BCUT2D eigenvalue weighted by Gasteiger charge is 2.29. The van der Waals surface area contributed by atoms with Crippen LogP contribution in [0, 0.1) is 5.82 Å². The third-order valence-electron chi connectivity index (χ3n) is 3.57. The van der Waals surface area contributed by atoms with E-state index in [0.29, 0.717) is 11.3 Å². The van der Waals surface area contributed by atoms with Crippen LogP contribution in [0.4, 0.5) is 17.6 Å². The summed E-state index contributed by atoms with van der Waals surface area (Å²) in [5, 5.41) is 4.27. The van der Waals surface area contributed by atoms with E-state index in [1.165, 1.54) is 12.1 Å². The Balaban J connectivity index is 2.24. The molecule has 2 aromatic heterocycles. The topological polar surface area (TPSA) is 72.3 Å². The van der Waals surface area contributed by atoms with E-state index >= 15 is 0 Å². The number of hydrogen-bond donors (Lipinski definition) is 1. The maximum Gasteiger partial charge on any atom is 0.422 e. The molecule has 0 aliphatic heterocycles. The summed E-state index contributed by atoms with van der Waals surface area (Å²) in [4.78, 5) is 18.2. The van der Waals surface area contributed by atoms with Crippen molar-refractivity contribution >= 4 is 17.2 Å². The van der Waals surface area contributed by atoms with Gasteiger partial charge in [-0.25, -0.2) is 9.18 Å². The van der Waals surface area contributed by atoms with Crippen LogP contribution in [0.25, 0.3) is 16.8 Å². The van der Waals surface area contributed by atoms with Crippen LogP contribution in [0.3, 0.4) is 0 Å². The Bertz CT molecular complexity index is 1040. The molecule has 0 aliphatic carbocycles. The molecule has 3 rings (SSSR count). The molecule has 0 spiro atoms. The Morgan fingerprint density at radius 1 is 1.30 bits per heavy atom. The first kappa shape index (κ1) is 19.2. The summed E-state index contributed by atoms with van der Waals surface area (Å²) in [7, 11) is 0. The van der Waals surface area contributed by atoms with Crippen LogP contribution in [0.1, 0.15) is 25.5 Å². The summed E-state index contributed by atoms with van der Waals surface area (Å²) < 4.78 is 56.4. The number of aromatic nitrogens is 4. The van der Waals surface area contributed by atoms with Crippen molar-refractivity contribution in [1.29, 1.82) is 0 Å². The van der Waals surface area contributed by atoms with E-state index in [4.69, 9.17) is 11.6 Å². The molecule has 0 saturated carbocycles. The predicted molar refractivity (Wildman–Crippen MR) is 89.7 cm³/mol. The normalized spacial score (nSPS) is 12.1. The molecule has 0 atom stereocenters. The molecule has 0 saturated heterocycles. The minimum Gasteiger partial charge on any atom is -0.455 e. The SMILES string of the molecule is CC(C)c1nn2c(=O)[nH]c(OCC(F)(F)F)nc2c1-c1cc(F)cc(Cl)c1. The van der Waals surface area contributed by atoms with Gasteiger partial charge in [0.1, 0.15) is 5.82 Å². The van der Waals surface area contributed by atoms with Gasteiger partial charge in [0.25, 0.3) is 6.01 Å². The first-order valence-electron chi connectivity index (χ1n) is 7.74. The minimum atomic E-state index is -4.60. The summed E-state index contributed by atoms with van der Waals surface area (Å²) in [5.74, 6) is -0.812. The molecule has 0 aliphatic rings. The first-order chi connectivity index (χ1) is 12.5. The van der Waals surface area contributed by atoms with Crippen molar-refractivity contribution in [3.05, 3.63) is 45.2 Å². The lowest BCUT2D eigenvalue weighted by Gasteiger charge is -2.09. The molecule has 0 bridgehead atoms. The van der Waals surface area contributed by atoms with Gasteiger partial charge in [-0.05, 0) is 29.7 Å². The van der Waals surface area contributed by atoms with Crippen LogP contribution in [0.2, 0.25) is 5.02 Å². The maximum absolute atomic E-state index is 13.8. The molecule has 0 fully saturated rings. The van der Waals surface area contributed by atoms with Crippen molar-refractivity contribution in [1.82, 2.24) is 19.6 Å². The smallest absolute Gasteiger partial charge is 0.422 e. The highest BCUT2D eigenvalue weighted by molar-refractivity contribution is 6.30. The zero-order valence-corrected chi connectivity index (χ0v) is 14.8. The summed E-state index contributed by atoms with van der Waals surface area (Å²) in [6.45, 7) is 1.96. The minimum absolute atomic E-state index is 0.0682. The van der Waals surface area contributed by atoms with Gasteiger partial charge < -0.3 is 4.74 Å². The van der Waals surface area contributed by atoms with Gasteiger partial charge >= 0.3 is 11.9 Å². The molecular weight excluding hydrogens is 392 g/mol.